The van der Waals surface area contributed by atoms with E-state index < -0.39 is 0 Å². The molecule has 0 amide bonds. The predicted molar refractivity (Wildman–Crippen MR) is 245 cm³/mol. The third-order valence-corrected chi connectivity index (χ3v) is 11.4. The SMILES string of the molecule is CC(C)c1cccc(-c2nc3ccccc3n2C2=CC(c3nc(-c4ccccc4)nc(-c4cccc(-n5c(-c6cccc(C(C)C)c6)nc6ccccc65)c4)n3)CC=C2)c1. The van der Waals surface area contributed by atoms with Gasteiger partial charge < -0.3 is 0 Å². The smallest absolute Gasteiger partial charge is 0.163 e. The van der Waals surface area contributed by atoms with Gasteiger partial charge in [0, 0.05) is 39.6 Å². The molecule has 0 saturated heterocycles. The van der Waals surface area contributed by atoms with Gasteiger partial charge in [0.15, 0.2) is 11.6 Å². The Labute approximate surface area is 350 Å². The Balaban J connectivity index is 1.10. The van der Waals surface area contributed by atoms with E-state index in [0.29, 0.717) is 23.5 Å². The van der Waals surface area contributed by atoms with Crippen LogP contribution >= 0.6 is 0 Å². The van der Waals surface area contributed by atoms with Crippen LogP contribution in [0.3, 0.4) is 0 Å². The topological polar surface area (TPSA) is 74.3 Å². The molecule has 1 atom stereocenters. The predicted octanol–water partition coefficient (Wildman–Crippen LogP) is 13.1. The first-order chi connectivity index (χ1) is 29.4. The van der Waals surface area contributed by atoms with Crippen LogP contribution in [0, 0.1) is 0 Å². The Morgan fingerprint density at radius 1 is 0.483 bits per heavy atom. The zero-order chi connectivity index (χ0) is 40.7. The quantitative estimate of drug-likeness (QED) is 0.146. The van der Waals surface area contributed by atoms with Crippen molar-refractivity contribution in [1.82, 2.24) is 34.1 Å². The van der Waals surface area contributed by atoms with Crippen molar-refractivity contribution in [1.29, 1.82) is 0 Å². The van der Waals surface area contributed by atoms with Crippen molar-refractivity contribution >= 4 is 27.8 Å². The molecule has 0 radical (unpaired) electrons. The lowest BCUT2D eigenvalue weighted by atomic mass is 9.97. The van der Waals surface area contributed by atoms with Gasteiger partial charge in [-0.3, -0.25) is 9.13 Å². The molecule has 0 saturated carbocycles. The maximum atomic E-state index is 5.29. The van der Waals surface area contributed by atoms with Crippen LogP contribution in [-0.2, 0) is 0 Å². The van der Waals surface area contributed by atoms with Gasteiger partial charge in [-0.1, -0.05) is 137 Å². The van der Waals surface area contributed by atoms with E-state index in [9.17, 15) is 0 Å². The monoisotopic (exact) mass is 779 g/mol. The highest BCUT2D eigenvalue weighted by molar-refractivity contribution is 5.87. The normalized spacial score (nSPS) is 14.1. The van der Waals surface area contributed by atoms with E-state index in [-0.39, 0.29) is 5.92 Å². The van der Waals surface area contributed by atoms with Crippen molar-refractivity contribution < 1.29 is 0 Å². The van der Waals surface area contributed by atoms with Gasteiger partial charge in [-0.15, -0.1) is 0 Å². The minimum absolute atomic E-state index is 0.106. The maximum absolute atomic E-state index is 5.29. The van der Waals surface area contributed by atoms with Crippen LogP contribution in [0.2, 0.25) is 0 Å². The van der Waals surface area contributed by atoms with Crippen LogP contribution in [0.25, 0.3) is 79.0 Å². The third-order valence-electron chi connectivity index (χ3n) is 11.4. The van der Waals surface area contributed by atoms with Gasteiger partial charge in [0.25, 0.3) is 0 Å². The van der Waals surface area contributed by atoms with Gasteiger partial charge >= 0.3 is 0 Å². The van der Waals surface area contributed by atoms with Gasteiger partial charge in [-0.2, -0.15) is 0 Å². The third kappa shape index (κ3) is 6.92. The highest BCUT2D eigenvalue weighted by Gasteiger charge is 2.23. The molecule has 60 heavy (non-hydrogen) atoms. The first-order valence-corrected chi connectivity index (χ1v) is 20.8. The molecular formula is C53H45N7. The lowest BCUT2D eigenvalue weighted by Gasteiger charge is -2.20. The van der Waals surface area contributed by atoms with Crippen LogP contribution in [0.15, 0.2) is 170 Å². The summed E-state index contributed by atoms with van der Waals surface area (Å²) in [5.41, 5.74) is 12.6. The van der Waals surface area contributed by atoms with Crippen molar-refractivity contribution in [3.8, 4) is 51.2 Å². The number of rotatable bonds is 9. The summed E-state index contributed by atoms with van der Waals surface area (Å²) in [6.07, 6.45) is 7.48. The molecule has 0 aliphatic heterocycles. The number of imidazole rings is 2. The number of fused-ring (bicyclic) bond motifs is 2. The first-order valence-electron chi connectivity index (χ1n) is 20.8. The fourth-order valence-corrected chi connectivity index (χ4v) is 8.22. The largest absolute Gasteiger partial charge is 0.293 e. The van der Waals surface area contributed by atoms with Gasteiger partial charge in [-0.25, -0.2) is 24.9 Å². The zero-order valence-corrected chi connectivity index (χ0v) is 34.2. The highest BCUT2D eigenvalue weighted by Crippen LogP contribution is 2.37. The first kappa shape index (κ1) is 37.0. The van der Waals surface area contributed by atoms with Crippen molar-refractivity contribution in [3.05, 3.63) is 187 Å². The summed E-state index contributed by atoms with van der Waals surface area (Å²) in [7, 11) is 0. The second-order valence-electron chi connectivity index (χ2n) is 16.2. The number of allylic oxidation sites excluding steroid dienone is 4. The molecule has 0 N–H and O–H groups in total. The summed E-state index contributed by atoms with van der Waals surface area (Å²) in [4.78, 5) is 26.0. The summed E-state index contributed by atoms with van der Waals surface area (Å²) in [5.74, 6) is 4.49. The lowest BCUT2D eigenvalue weighted by molar-refractivity contribution is 0.762. The summed E-state index contributed by atoms with van der Waals surface area (Å²) in [6, 6.07) is 52.9. The Bertz CT molecular complexity index is 3090. The van der Waals surface area contributed by atoms with E-state index in [1.165, 1.54) is 11.1 Å². The van der Waals surface area contributed by atoms with Crippen molar-refractivity contribution in [2.75, 3.05) is 0 Å². The molecule has 1 aliphatic carbocycles. The second-order valence-corrected chi connectivity index (χ2v) is 16.2. The zero-order valence-electron chi connectivity index (χ0n) is 34.2. The molecule has 1 aliphatic rings. The van der Waals surface area contributed by atoms with Crippen molar-refractivity contribution in [2.45, 2.75) is 51.9 Å². The molecule has 0 fully saturated rings. The van der Waals surface area contributed by atoms with Gasteiger partial charge in [-0.05, 0) is 90.1 Å². The van der Waals surface area contributed by atoms with E-state index in [0.717, 1.165) is 79.6 Å². The number of nitrogens with zero attached hydrogens (tertiary/aromatic N) is 7. The molecule has 0 bridgehead atoms. The summed E-state index contributed by atoms with van der Waals surface area (Å²) in [5, 5.41) is 0. The maximum Gasteiger partial charge on any atom is 0.163 e. The van der Waals surface area contributed by atoms with E-state index in [2.05, 4.69) is 182 Å². The van der Waals surface area contributed by atoms with Crippen LogP contribution in [0.4, 0.5) is 0 Å². The minimum Gasteiger partial charge on any atom is -0.293 e. The van der Waals surface area contributed by atoms with Crippen LogP contribution in [-0.4, -0.2) is 34.1 Å². The molecule has 292 valence electrons. The van der Waals surface area contributed by atoms with Crippen LogP contribution in [0.1, 0.15) is 68.8 Å². The molecule has 7 nitrogen and oxygen atoms in total. The van der Waals surface area contributed by atoms with E-state index in [4.69, 9.17) is 24.9 Å². The molecule has 0 spiro atoms. The number of aromatic nitrogens is 7. The Kier molecular flexibility index (Phi) is 9.57. The van der Waals surface area contributed by atoms with E-state index in [1.807, 2.05) is 24.3 Å². The lowest BCUT2D eigenvalue weighted by Crippen LogP contribution is -2.10. The molecule has 7 heteroatoms. The number of hydrogen-bond donors (Lipinski definition) is 0. The molecule has 10 rings (SSSR count). The summed E-state index contributed by atoms with van der Waals surface area (Å²) in [6.45, 7) is 8.90. The van der Waals surface area contributed by atoms with Crippen molar-refractivity contribution in [3.63, 3.8) is 0 Å². The Morgan fingerprint density at radius 2 is 1.02 bits per heavy atom. The molecule has 9 aromatic rings. The standard InChI is InChI=1S/C53H45N7/c1-34(2)37-18-12-22-41(30-37)52-54-45-26-8-10-28-47(45)59(52)43-24-14-20-39(32-43)50-56-49(36-16-6-5-7-17-36)57-51(58-50)40-21-15-25-44(33-40)60-48-29-11-9-27-46(48)55-53(60)42-23-13-19-38(31-42)35(3)4/h5-20,22-35,40H,21H2,1-4H3. The van der Waals surface area contributed by atoms with E-state index >= 15 is 0 Å². The summed E-state index contributed by atoms with van der Waals surface area (Å²) >= 11 is 0. The Hall–Kier alpha value is -7.25. The minimum atomic E-state index is -0.106. The fourth-order valence-electron chi connectivity index (χ4n) is 8.22. The molecule has 6 aromatic carbocycles. The number of para-hydroxylation sites is 4. The van der Waals surface area contributed by atoms with Gasteiger partial charge in [0.2, 0.25) is 0 Å². The average molecular weight is 780 g/mol. The highest BCUT2D eigenvalue weighted by atomic mass is 15.1. The van der Waals surface area contributed by atoms with Gasteiger partial charge in [0.05, 0.1) is 22.1 Å². The molecule has 3 aromatic heterocycles. The molecule has 1 unspecified atom stereocenters. The second kappa shape index (κ2) is 15.5. The number of hydrogen-bond acceptors (Lipinski definition) is 5. The molecular weight excluding hydrogens is 735 g/mol. The van der Waals surface area contributed by atoms with Crippen molar-refractivity contribution in [2.24, 2.45) is 0 Å². The van der Waals surface area contributed by atoms with Crippen LogP contribution < -0.4 is 0 Å². The van der Waals surface area contributed by atoms with Gasteiger partial charge in [0.1, 0.15) is 17.5 Å². The number of benzene rings is 6. The van der Waals surface area contributed by atoms with Crippen LogP contribution in [0.5, 0.6) is 0 Å². The average Bonchev–Trinajstić information content (AvgIpc) is 3.89. The molecule has 3 heterocycles. The van der Waals surface area contributed by atoms with E-state index in [1.54, 1.807) is 0 Å². The fraction of sp³-hybridized carbons (Fsp3) is 0.151. The summed E-state index contributed by atoms with van der Waals surface area (Å²) < 4.78 is 4.54. The Morgan fingerprint density at radius 3 is 1.67 bits per heavy atom.